The average molecular weight is 332 g/mol. The molecular weight excluding hydrogens is 322 g/mol. The zero-order chi connectivity index (χ0) is 12.6. The summed E-state index contributed by atoms with van der Waals surface area (Å²) < 4.78 is 1.99. The Morgan fingerprint density at radius 1 is 1.53 bits per heavy atom. The monoisotopic (exact) mass is 331 g/mol. The Balaban J connectivity index is 2.34. The molecule has 0 unspecified atom stereocenters. The third kappa shape index (κ3) is 2.81. The maximum Gasteiger partial charge on any atom is 0.319 e. The number of aliphatic carboxylic acids is 1. The molecule has 90 valence electrons. The number of hydrogen-bond acceptors (Lipinski definition) is 4. The van der Waals surface area contributed by atoms with Gasteiger partial charge < -0.3 is 5.11 Å². The number of carboxylic acids is 1. The van der Waals surface area contributed by atoms with Crippen molar-refractivity contribution in [1.82, 2.24) is 4.98 Å². The lowest BCUT2D eigenvalue weighted by molar-refractivity contribution is -0.138. The molecule has 1 aromatic heterocycles. The molecule has 3 nitrogen and oxygen atoms in total. The Morgan fingerprint density at radius 3 is 2.88 bits per heavy atom. The number of thiazole rings is 1. The van der Waals surface area contributed by atoms with Crippen LogP contribution in [-0.4, -0.2) is 20.8 Å². The first-order valence-electron chi connectivity index (χ1n) is 4.87. The number of carbonyl (C=O) groups is 1. The highest BCUT2D eigenvalue weighted by Crippen LogP contribution is 2.38. The molecule has 6 heteroatoms. The molecule has 0 aliphatic heterocycles. The molecule has 0 aliphatic carbocycles. The van der Waals surface area contributed by atoms with E-state index in [1.54, 1.807) is 13.8 Å². The molecule has 1 aromatic carbocycles. The molecule has 0 aliphatic rings. The zero-order valence-corrected chi connectivity index (χ0v) is 12.4. The van der Waals surface area contributed by atoms with Gasteiger partial charge in [0.2, 0.25) is 0 Å². The molecule has 0 amide bonds. The lowest BCUT2D eigenvalue weighted by Crippen LogP contribution is -2.26. The molecule has 0 atom stereocenters. The molecule has 0 radical (unpaired) electrons. The average Bonchev–Trinajstić information content (AvgIpc) is 2.57. The number of benzene rings is 1. The lowest BCUT2D eigenvalue weighted by atomic mass is 10.2. The van der Waals surface area contributed by atoms with Crippen molar-refractivity contribution in [3.05, 3.63) is 22.7 Å². The quantitative estimate of drug-likeness (QED) is 0.863. The minimum Gasteiger partial charge on any atom is -0.480 e. The molecule has 0 saturated carbocycles. The van der Waals surface area contributed by atoms with Crippen molar-refractivity contribution in [2.24, 2.45) is 0 Å². The van der Waals surface area contributed by atoms with Gasteiger partial charge in [0.25, 0.3) is 0 Å². The van der Waals surface area contributed by atoms with Gasteiger partial charge in [-0.1, -0.05) is 27.7 Å². The second-order valence-corrected chi connectivity index (χ2v) is 7.83. The lowest BCUT2D eigenvalue weighted by Gasteiger charge is -2.15. The SMILES string of the molecule is CC(C)(Sc1nc2ccc(Br)cc2s1)C(=O)O. The van der Waals surface area contributed by atoms with Crippen LogP contribution in [-0.2, 0) is 4.79 Å². The normalized spacial score (nSPS) is 11.9. The van der Waals surface area contributed by atoms with Crippen molar-refractivity contribution < 1.29 is 9.90 Å². The van der Waals surface area contributed by atoms with Crippen LogP contribution in [0.4, 0.5) is 0 Å². The molecule has 2 aromatic rings. The molecule has 0 spiro atoms. The van der Waals surface area contributed by atoms with E-state index in [2.05, 4.69) is 20.9 Å². The summed E-state index contributed by atoms with van der Waals surface area (Å²) in [6.07, 6.45) is 0. The molecule has 1 N–H and O–H groups in total. The molecular formula is C11H10BrNO2S2. The summed E-state index contributed by atoms with van der Waals surface area (Å²) in [5, 5.41) is 9.07. The highest BCUT2D eigenvalue weighted by Gasteiger charge is 2.29. The van der Waals surface area contributed by atoms with Gasteiger partial charge in [-0.25, -0.2) is 4.98 Å². The summed E-state index contributed by atoms with van der Waals surface area (Å²) >= 11 is 6.20. The fourth-order valence-electron chi connectivity index (χ4n) is 1.18. The largest absolute Gasteiger partial charge is 0.480 e. The van der Waals surface area contributed by atoms with E-state index in [1.165, 1.54) is 23.1 Å². The van der Waals surface area contributed by atoms with E-state index < -0.39 is 10.7 Å². The molecule has 17 heavy (non-hydrogen) atoms. The second kappa shape index (κ2) is 4.59. The third-order valence-corrected chi connectivity index (χ3v) is 4.95. The van der Waals surface area contributed by atoms with Gasteiger partial charge in [-0.2, -0.15) is 0 Å². The van der Waals surface area contributed by atoms with E-state index >= 15 is 0 Å². The summed E-state index contributed by atoms with van der Waals surface area (Å²) in [5.74, 6) is -0.831. The number of aromatic nitrogens is 1. The number of hydrogen-bond donors (Lipinski definition) is 1. The van der Waals surface area contributed by atoms with Crippen molar-refractivity contribution in [3.63, 3.8) is 0 Å². The van der Waals surface area contributed by atoms with Gasteiger partial charge in [0.1, 0.15) is 4.75 Å². The fourth-order valence-corrected chi connectivity index (χ4v) is 4.16. The highest BCUT2D eigenvalue weighted by atomic mass is 79.9. The summed E-state index contributed by atoms with van der Waals surface area (Å²) in [6, 6.07) is 5.84. The van der Waals surface area contributed by atoms with Crippen LogP contribution in [0.15, 0.2) is 27.0 Å². The van der Waals surface area contributed by atoms with E-state index in [4.69, 9.17) is 5.11 Å². The molecule has 2 rings (SSSR count). The minimum absolute atomic E-state index is 0.783. The first-order chi connectivity index (χ1) is 7.88. The Hall–Kier alpha value is -0.590. The predicted octanol–water partition coefficient (Wildman–Crippen LogP) is 4.01. The summed E-state index contributed by atoms with van der Waals surface area (Å²) in [6.45, 7) is 3.37. The van der Waals surface area contributed by atoms with E-state index in [9.17, 15) is 4.79 Å². The van der Waals surface area contributed by atoms with Crippen LogP contribution in [0.2, 0.25) is 0 Å². The highest BCUT2D eigenvalue weighted by molar-refractivity contribution is 9.10. The standard InChI is InChI=1S/C11H10BrNO2S2/c1-11(2,9(14)15)17-10-13-7-4-3-6(12)5-8(7)16-10/h3-5H,1-2H3,(H,14,15). The van der Waals surface area contributed by atoms with E-state index in [0.29, 0.717) is 0 Å². The number of halogens is 1. The first kappa shape index (κ1) is 12.9. The molecule has 0 bridgehead atoms. The maximum atomic E-state index is 11.0. The van der Waals surface area contributed by atoms with Crippen LogP contribution in [0.1, 0.15) is 13.8 Å². The van der Waals surface area contributed by atoms with Gasteiger partial charge in [0.15, 0.2) is 4.34 Å². The summed E-state index contributed by atoms with van der Waals surface area (Å²) in [7, 11) is 0. The van der Waals surface area contributed by atoms with Gasteiger partial charge in [-0.15, -0.1) is 11.3 Å². The van der Waals surface area contributed by atoms with Gasteiger partial charge in [0, 0.05) is 4.47 Å². The smallest absolute Gasteiger partial charge is 0.319 e. The van der Waals surface area contributed by atoms with Crippen molar-refractivity contribution in [2.75, 3.05) is 0 Å². The second-order valence-electron chi connectivity index (χ2n) is 4.01. The molecule has 0 saturated heterocycles. The number of fused-ring (bicyclic) bond motifs is 1. The maximum absolute atomic E-state index is 11.0. The van der Waals surface area contributed by atoms with Crippen LogP contribution in [0, 0.1) is 0 Å². The van der Waals surface area contributed by atoms with Crippen molar-refractivity contribution in [2.45, 2.75) is 22.9 Å². The van der Waals surface area contributed by atoms with Gasteiger partial charge >= 0.3 is 5.97 Å². The predicted molar refractivity (Wildman–Crippen MR) is 74.9 cm³/mol. The third-order valence-electron chi connectivity index (χ3n) is 2.19. The van der Waals surface area contributed by atoms with Crippen LogP contribution in [0.3, 0.4) is 0 Å². The van der Waals surface area contributed by atoms with Crippen LogP contribution in [0.5, 0.6) is 0 Å². The molecule has 0 fully saturated rings. The van der Waals surface area contributed by atoms with Crippen LogP contribution >= 0.6 is 39.0 Å². The summed E-state index contributed by atoms with van der Waals surface area (Å²) in [4.78, 5) is 15.5. The van der Waals surface area contributed by atoms with Crippen molar-refractivity contribution >= 4 is 55.2 Å². The topological polar surface area (TPSA) is 50.2 Å². The van der Waals surface area contributed by atoms with Gasteiger partial charge in [-0.05, 0) is 32.0 Å². The molecule has 1 heterocycles. The fraction of sp³-hybridized carbons (Fsp3) is 0.273. The number of nitrogens with zero attached hydrogens (tertiary/aromatic N) is 1. The Morgan fingerprint density at radius 2 is 2.24 bits per heavy atom. The van der Waals surface area contributed by atoms with Crippen LogP contribution < -0.4 is 0 Å². The number of rotatable bonds is 3. The first-order valence-corrected chi connectivity index (χ1v) is 7.29. The Bertz CT molecular complexity index is 580. The van der Waals surface area contributed by atoms with E-state index in [0.717, 1.165) is 19.0 Å². The van der Waals surface area contributed by atoms with Gasteiger partial charge in [0.05, 0.1) is 10.2 Å². The van der Waals surface area contributed by atoms with Gasteiger partial charge in [-0.3, -0.25) is 4.79 Å². The number of thioether (sulfide) groups is 1. The van der Waals surface area contributed by atoms with E-state index in [1.807, 2.05) is 18.2 Å². The number of carboxylic acid groups (broad SMARTS) is 1. The van der Waals surface area contributed by atoms with E-state index in [-0.39, 0.29) is 0 Å². The van der Waals surface area contributed by atoms with Crippen molar-refractivity contribution in [3.8, 4) is 0 Å². The Labute approximate surface area is 115 Å². The van der Waals surface area contributed by atoms with Crippen LogP contribution in [0.25, 0.3) is 10.2 Å². The zero-order valence-electron chi connectivity index (χ0n) is 9.23. The summed E-state index contributed by atoms with van der Waals surface area (Å²) in [5.41, 5.74) is 0.905. The Kier molecular flexibility index (Phi) is 3.47. The minimum atomic E-state index is -0.856. The van der Waals surface area contributed by atoms with Crippen molar-refractivity contribution in [1.29, 1.82) is 0 Å².